The number of amides is 3. The van der Waals surface area contributed by atoms with E-state index in [1.807, 2.05) is 54.6 Å². The second kappa shape index (κ2) is 21.5. The molecule has 12 nitrogen and oxygen atoms in total. The fourth-order valence-electron chi connectivity index (χ4n) is 7.30. The van der Waals surface area contributed by atoms with Crippen LogP contribution in [0.2, 0.25) is 0 Å². The van der Waals surface area contributed by atoms with Crippen LogP contribution < -0.4 is 10.6 Å². The molecule has 0 saturated carbocycles. The highest BCUT2D eigenvalue weighted by Crippen LogP contribution is 2.39. The number of fused-ring (bicyclic) bond motifs is 1. The summed E-state index contributed by atoms with van der Waals surface area (Å²) in [5, 5.41) is 6.73. The van der Waals surface area contributed by atoms with Crippen molar-refractivity contribution >= 4 is 51.9 Å². The number of hydrogen-bond acceptors (Lipinski definition) is 10. The Labute approximate surface area is 351 Å². The predicted molar refractivity (Wildman–Crippen MR) is 230 cm³/mol. The van der Waals surface area contributed by atoms with Gasteiger partial charge in [-0.1, -0.05) is 50.2 Å². The first-order valence-corrected chi connectivity index (χ1v) is 21.1. The zero-order chi connectivity index (χ0) is 42.5. The smallest absolute Gasteiger partial charge is 0.410 e. The Bertz CT molecular complexity index is 2080. The Hall–Kier alpha value is -5.53. The van der Waals surface area contributed by atoms with Crippen LogP contribution in [-0.4, -0.2) is 86.1 Å². The van der Waals surface area contributed by atoms with E-state index in [0.717, 1.165) is 78.5 Å². The van der Waals surface area contributed by atoms with E-state index in [4.69, 9.17) is 9.47 Å². The van der Waals surface area contributed by atoms with Crippen LogP contribution in [0.5, 0.6) is 0 Å². The van der Waals surface area contributed by atoms with Gasteiger partial charge in [-0.05, 0) is 117 Å². The molecule has 1 heterocycles. The van der Waals surface area contributed by atoms with Crippen LogP contribution in [0.15, 0.2) is 72.8 Å². The summed E-state index contributed by atoms with van der Waals surface area (Å²) in [6.45, 7) is 7.21. The minimum atomic E-state index is -1.01. The van der Waals surface area contributed by atoms with Gasteiger partial charge in [-0.3, -0.25) is 14.5 Å². The Balaban J connectivity index is 1.24. The summed E-state index contributed by atoms with van der Waals surface area (Å²) in [6, 6.07) is 22.9. The quantitative estimate of drug-likeness (QED) is 0.0748. The lowest BCUT2D eigenvalue weighted by Crippen LogP contribution is -2.42. The molecule has 1 aromatic heterocycles. The molecule has 0 bridgehead atoms. The van der Waals surface area contributed by atoms with E-state index in [-0.39, 0.29) is 23.8 Å². The van der Waals surface area contributed by atoms with Gasteiger partial charge >= 0.3 is 18.0 Å². The number of aryl methyl sites for hydroxylation is 3. The zero-order valence-electron chi connectivity index (χ0n) is 34.9. The molecule has 3 amide bonds. The standard InChI is InChI=1S/C46H56N4O8S/c1-7-37(8-2)50(27-26-49(4)46(55)58-30(3)44(53)56-5)29-33-12-11-13-35(28-33)41(51)48-43-40(38-14-9-10-15-39(38)59-43)42(52)47-36-24-20-32(21-25-36)17-16-31-18-22-34(23-19-31)45(54)57-6/h11-13,18-25,28,30,37H,7-10,14-17,26-27,29H2,1-6H3,(H,47,52)(H,48,51)/t30-/m0/s1. The van der Waals surface area contributed by atoms with Crippen molar-refractivity contribution in [2.45, 2.75) is 90.8 Å². The third kappa shape index (κ3) is 12.0. The lowest BCUT2D eigenvalue weighted by atomic mass is 9.95. The molecule has 0 radical (unpaired) electrons. The van der Waals surface area contributed by atoms with Crippen LogP contribution in [0, 0.1) is 0 Å². The normalized spacial score (nSPS) is 12.7. The largest absolute Gasteiger partial charge is 0.466 e. The summed E-state index contributed by atoms with van der Waals surface area (Å²) < 4.78 is 14.7. The van der Waals surface area contributed by atoms with Gasteiger partial charge in [-0.25, -0.2) is 14.4 Å². The summed E-state index contributed by atoms with van der Waals surface area (Å²) in [5.74, 6) is -1.52. The van der Waals surface area contributed by atoms with E-state index in [9.17, 15) is 24.0 Å². The highest BCUT2D eigenvalue weighted by molar-refractivity contribution is 7.17. The second-order valence-electron chi connectivity index (χ2n) is 14.8. The molecule has 1 aliphatic carbocycles. The maximum atomic E-state index is 14.0. The number of rotatable bonds is 18. The Kier molecular flexibility index (Phi) is 16.2. The maximum absolute atomic E-state index is 14.0. The van der Waals surface area contributed by atoms with Gasteiger partial charge in [0, 0.05) is 48.9 Å². The van der Waals surface area contributed by atoms with Crippen LogP contribution in [-0.2, 0) is 51.2 Å². The maximum Gasteiger partial charge on any atom is 0.410 e. The van der Waals surface area contributed by atoms with Gasteiger partial charge in [-0.15, -0.1) is 11.3 Å². The molecule has 0 saturated heterocycles. The molecule has 59 heavy (non-hydrogen) atoms. The van der Waals surface area contributed by atoms with Crippen LogP contribution in [0.1, 0.15) is 105 Å². The fraction of sp³-hybridized carbons (Fsp3) is 0.413. The molecule has 13 heteroatoms. The Morgan fingerprint density at radius 3 is 2.07 bits per heavy atom. The summed E-state index contributed by atoms with van der Waals surface area (Å²) in [6.07, 6.45) is 5.45. The van der Waals surface area contributed by atoms with Gasteiger partial charge in [0.1, 0.15) is 5.00 Å². The van der Waals surface area contributed by atoms with Gasteiger partial charge in [0.15, 0.2) is 6.10 Å². The number of benzene rings is 3. The van der Waals surface area contributed by atoms with Crippen LogP contribution in [0.25, 0.3) is 0 Å². The average molecular weight is 825 g/mol. The molecule has 1 aliphatic rings. The predicted octanol–water partition coefficient (Wildman–Crippen LogP) is 8.32. The van der Waals surface area contributed by atoms with Crippen molar-refractivity contribution < 1.29 is 38.2 Å². The number of hydrogen-bond donors (Lipinski definition) is 2. The Morgan fingerprint density at radius 2 is 1.42 bits per heavy atom. The number of nitrogens with zero attached hydrogens (tertiary/aromatic N) is 2. The number of carbonyl (C=O) groups is 5. The summed E-state index contributed by atoms with van der Waals surface area (Å²) in [4.78, 5) is 68.9. The number of nitrogens with one attached hydrogen (secondary N) is 2. The molecular weight excluding hydrogens is 769 g/mol. The molecule has 0 unspecified atom stereocenters. The summed E-state index contributed by atoms with van der Waals surface area (Å²) >= 11 is 1.48. The van der Waals surface area contributed by atoms with Crippen molar-refractivity contribution in [3.8, 4) is 0 Å². The van der Waals surface area contributed by atoms with Gasteiger partial charge in [0.2, 0.25) is 0 Å². The van der Waals surface area contributed by atoms with Crippen molar-refractivity contribution in [2.24, 2.45) is 0 Å². The minimum absolute atomic E-state index is 0.235. The molecule has 0 fully saturated rings. The first-order valence-electron chi connectivity index (χ1n) is 20.3. The zero-order valence-corrected chi connectivity index (χ0v) is 35.7. The van der Waals surface area contributed by atoms with E-state index in [1.165, 1.54) is 37.4 Å². The van der Waals surface area contributed by atoms with Gasteiger partial charge in [0.25, 0.3) is 11.8 Å². The number of anilines is 2. The molecule has 5 rings (SSSR count). The molecule has 314 valence electrons. The first-order chi connectivity index (χ1) is 28.4. The average Bonchev–Trinajstić information content (AvgIpc) is 3.62. The third-order valence-electron chi connectivity index (χ3n) is 10.8. The molecule has 0 spiro atoms. The number of likely N-dealkylation sites (N-methyl/N-ethyl adjacent to an activating group) is 1. The van der Waals surface area contributed by atoms with Crippen molar-refractivity contribution in [3.63, 3.8) is 0 Å². The first kappa shape index (κ1) is 44.6. The van der Waals surface area contributed by atoms with Crippen molar-refractivity contribution in [3.05, 3.63) is 117 Å². The third-order valence-corrected chi connectivity index (χ3v) is 12.0. The number of thiophene rings is 1. The number of esters is 2. The molecule has 3 aromatic carbocycles. The van der Waals surface area contributed by atoms with Crippen molar-refractivity contribution in [1.29, 1.82) is 0 Å². The van der Waals surface area contributed by atoms with Crippen LogP contribution in [0.4, 0.5) is 15.5 Å². The van der Waals surface area contributed by atoms with E-state index in [0.29, 0.717) is 47.0 Å². The van der Waals surface area contributed by atoms with E-state index < -0.39 is 18.2 Å². The summed E-state index contributed by atoms with van der Waals surface area (Å²) in [5.41, 5.74) is 6.37. The molecular formula is C46H56N4O8S. The van der Waals surface area contributed by atoms with E-state index >= 15 is 0 Å². The highest BCUT2D eigenvalue weighted by Gasteiger charge is 2.27. The summed E-state index contributed by atoms with van der Waals surface area (Å²) in [7, 11) is 4.25. The fourth-order valence-corrected chi connectivity index (χ4v) is 8.58. The van der Waals surface area contributed by atoms with Gasteiger partial charge in [0.05, 0.1) is 25.3 Å². The lowest BCUT2D eigenvalue weighted by molar-refractivity contribution is -0.149. The molecule has 4 aromatic rings. The second-order valence-corrected chi connectivity index (χ2v) is 15.9. The number of methoxy groups -OCH3 is 2. The molecule has 0 aliphatic heterocycles. The Morgan fingerprint density at radius 1 is 0.763 bits per heavy atom. The van der Waals surface area contributed by atoms with Crippen LogP contribution in [0.3, 0.4) is 0 Å². The molecule has 2 N–H and O–H groups in total. The monoisotopic (exact) mass is 824 g/mol. The topological polar surface area (TPSA) is 144 Å². The minimum Gasteiger partial charge on any atom is -0.466 e. The molecule has 1 atom stereocenters. The van der Waals surface area contributed by atoms with Crippen LogP contribution >= 0.6 is 11.3 Å². The van der Waals surface area contributed by atoms with Gasteiger partial charge < -0.3 is 29.7 Å². The van der Waals surface area contributed by atoms with Crippen molar-refractivity contribution in [2.75, 3.05) is 45.0 Å². The van der Waals surface area contributed by atoms with E-state index in [2.05, 4.69) is 34.1 Å². The lowest BCUT2D eigenvalue weighted by Gasteiger charge is -2.32. The van der Waals surface area contributed by atoms with E-state index in [1.54, 1.807) is 25.2 Å². The number of ether oxygens (including phenoxy) is 3. The van der Waals surface area contributed by atoms with Crippen molar-refractivity contribution in [1.82, 2.24) is 9.80 Å². The highest BCUT2D eigenvalue weighted by atomic mass is 32.1. The number of carbonyl (C=O) groups excluding carboxylic acids is 5. The SMILES string of the molecule is CCC(CC)N(CCN(C)C(=O)O[C@@H](C)C(=O)OC)Cc1cccc(C(=O)Nc2sc3c(c2C(=O)Nc2ccc(CCc4ccc(C(=O)OC)cc4)cc2)CCCC3)c1. The van der Waals surface area contributed by atoms with Gasteiger partial charge in [-0.2, -0.15) is 0 Å².